The summed E-state index contributed by atoms with van der Waals surface area (Å²) in [6.07, 6.45) is 0. The highest BCUT2D eigenvalue weighted by molar-refractivity contribution is 7.34. The zero-order valence-electron chi connectivity index (χ0n) is 32.6. The lowest BCUT2D eigenvalue weighted by atomic mass is 10.1. The van der Waals surface area contributed by atoms with E-state index in [0.29, 0.717) is 33.2 Å². The topological polar surface area (TPSA) is 25.8 Å². The van der Waals surface area contributed by atoms with Gasteiger partial charge in [0.1, 0.15) is 26.2 Å². The molecule has 0 atom stereocenters. The largest absolute Gasteiger partial charge is 0.234 e. The maximum Gasteiger partial charge on any atom is 0.134 e. The first-order chi connectivity index (χ1) is 24.7. The molecule has 7 rings (SSSR count). The second-order valence-corrected chi connectivity index (χ2v) is 34.7. The molecular formula is C42H52N2S6Si2. The van der Waals surface area contributed by atoms with Crippen LogP contribution in [0.2, 0.25) is 33.2 Å². The van der Waals surface area contributed by atoms with Crippen LogP contribution in [0.1, 0.15) is 83.1 Å². The summed E-state index contributed by atoms with van der Waals surface area (Å²) in [6, 6.07) is 18.6. The van der Waals surface area contributed by atoms with Crippen LogP contribution in [0.3, 0.4) is 0 Å². The SMILES string of the molecule is CC(C)[Si](c1ccc(-c2nc3c(-c4cccs4)c4sc(-c5ccc([Si](C(C)C)(C(C)C)C(C)C)s5)nc4c(-c4cccs4)c3s2)s1)(C(C)C)C(C)C. The third kappa shape index (κ3) is 5.97. The maximum atomic E-state index is 5.61. The van der Waals surface area contributed by atoms with E-state index in [-0.39, 0.29) is 0 Å². The highest BCUT2D eigenvalue weighted by Gasteiger charge is 2.46. The van der Waals surface area contributed by atoms with Crippen molar-refractivity contribution in [3.05, 3.63) is 59.3 Å². The molecule has 7 aromatic rings. The highest BCUT2D eigenvalue weighted by atomic mass is 32.1. The zero-order valence-corrected chi connectivity index (χ0v) is 39.5. The van der Waals surface area contributed by atoms with Crippen molar-refractivity contribution in [2.24, 2.45) is 0 Å². The zero-order chi connectivity index (χ0) is 37.3. The fraction of sp³-hybridized carbons (Fsp3) is 0.429. The van der Waals surface area contributed by atoms with E-state index in [0.717, 1.165) is 21.0 Å². The summed E-state index contributed by atoms with van der Waals surface area (Å²) < 4.78 is 5.78. The molecule has 0 amide bonds. The van der Waals surface area contributed by atoms with Gasteiger partial charge in [0.25, 0.3) is 0 Å². The molecule has 52 heavy (non-hydrogen) atoms. The van der Waals surface area contributed by atoms with Crippen molar-refractivity contribution in [3.8, 4) is 40.7 Å². The predicted molar refractivity (Wildman–Crippen MR) is 247 cm³/mol. The fourth-order valence-corrected chi connectivity index (χ4v) is 34.2. The Bertz CT molecular complexity index is 2040. The molecule has 0 fully saturated rings. The summed E-state index contributed by atoms with van der Waals surface area (Å²) in [4.78, 5) is 16.4. The van der Waals surface area contributed by atoms with Crippen LogP contribution in [0.4, 0.5) is 0 Å². The average molecular weight is 833 g/mol. The van der Waals surface area contributed by atoms with E-state index in [1.54, 1.807) is 9.00 Å². The number of thiophene rings is 4. The van der Waals surface area contributed by atoms with E-state index in [9.17, 15) is 0 Å². The van der Waals surface area contributed by atoms with Gasteiger partial charge in [-0.15, -0.1) is 68.0 Å². The van der Waals surface area contributed by atoms with Gasteiger partial charge in [-0.2, -0.15) is 0 Å². The van der Waals surface area contributed by atoms with Crippen molar-refractivity contribution in [3.63, 3.8) is 0 Å². The number of nitrogens with zero attached hydrogens (tertiary/aromatic N) is 2. The molecule has 0 aliphatic carbocycles. The highest BCUT2D eigenvalue weighted by Crippen LogP contribution is 2.53. The average Bonchev–Trinajstić information content (AvgIpc) is 3.90. The molecule has 0 unspecified atom stereocenters. The quantitative estimate of drug-likeness (QED) is 0.115. The van der Waals surface area contributed by atoms with E-state index >= 15 is 0 Å². The third-order valence-corrected chi connectivity index (χ3v) is 34.2. The molecule has 0 radical (unpaired) electrons. The van der Waals surface area contributed by atoms with E-state index in [4.69, 9.17) is 9.97 Å². The van der Waals surface area contributed by atoms with Gasteiger partial charge >= 0.3 is 0 Å². The van der Waals surface area contributed by atoms with Gasteiger partial charge in [0.15, 0.2) is 0 Å². The Kier molecular flexibility index (Phi) is 10.9. The van der Waals surface area contributed by atoms with Gasteiger partial charge < -0.3 is 0 Å². The van der Waals surface area contributed by atoms with Crippen LogP contribution in [0, 0.1) is 0 Å². The van der Waals surface area contributed by atoms with Gasteiger partial charge in [-0.05, 0) is 77.3 Å². The number of rotatable bonds is 12. The van der Waals surface area contributed by atoms with Crippen molar-refractivity contribution < 1.29 is 0 Å². The van der Waals surface area contributed by atoms with Gasteiger partial charge in [0.05, 0.1) is 30.2 Å². The van der Waals surface area contributed by atoms with Crippen molar-refractivity contribution in [1.29, 1.82) is 0 Å². The second kappa shape index (κ2) is 14.7. The molecule has 6 heterocycles. The second-order valence-electron chi connectivity index (χ2n) is 16.2. The lowest BCUT2D eigenvalue weighted by molar-refractivity contribution is 0.837. The molecule has 6 aromatic heterocycles. The fourth-order valence-electron chi connectivity index (χ4n) is 10.1. The number of fused-ring (bicyclic) bond motifs is 2. The van der Waals surface area contributed by atoms with Gasteiger partial charge in [0, 0.05) is 20.9 Å². The normalized spacial score (nSPS) is 13.3. The Morgan fingerprint density at radius 2 is 0.769 bits per heavy atom. The van der Waals surface area contributed by atoms with Gasteiger partial charge in [-0.1, -0.05) is 107 Å². The molecule has 0 spiro atoms. The van der Waals surface area contributed by atoms with Crippen LogP contribution in [-0.4, -0.2) is 26.1 Å². The standard InChI is InChI=1S/C42H52N2S6Si2/c1-23(2)51(24(3)4,25(5)6)33-19-17-31(47-33)41-43-37-35(29-15-13-21-45-29)40-38(36(39(37)49-41)30-16-14-22-46-30)44-42(50-40)32-18-20-34(48-32)52(26(7)8,27(9)10)28(11)12/h13-28H,1-12H3. The molecule has 0 saturated carbocycles. The molecule has 10 heteroatoms. The minimum Gasteiger partial charge on any atom is -0.234 e. The van der Waals surface area contributed by atoms with Crippen LogP contribution in [0.15, 0.2) is 59.3 Å². The van der Waals surface area contributed by atoms with Crippen LogP contribution < -0.4 is 9.00 Å². The summed E-state index contributed by atoms with van der Waals surface area (Å²) in [5.41, 5.74) is 8.83. The van der Waals surface area contributed by atoms with Gasteiger partial charge in [0.2, 0.25) is 0 Å². The number of hydrogen-bond donors (Lipinski definition) is 0. The molecular weight excluding hydrogens is 781 g/mol. The monoisotopic (exact) mass is 832 g/mol. The van der Waals surface area contributed by atoms with Crippen molar-refractivity contribution in [2.45, 2.75) is 116 Å². The van der Waals surface area contributed by atoms with Crippen LogP contribution >= 0.6 is 68.0 Å². The van der Waals surface area contributed by atoms with Gasteiger partial charge in [-0.3, -0.25) is 0 Å². The lowest BCUT2D eigenvalue weighted by Gasteiger charge is -2.42. The maximum absolute atomic E-state index is 5.61. The van der Waals surface area contributed by atoms with Crippen molar-refractivity contribution in [2.75, 3.05) is 0 Å². The summed E-state index contributed by atoms with van der Waals surface area (Å²) in [5.74, 6) is 0. The van der Waals surface area contributed by atoms with Gasteiger partial charge in [-0.25, -0.2) is 9.97 Å². The minimum absolute atomic E-state index is 0.677. The Labute approximate surface area is 337 Å². The van der Waals surface area contributed by atoms with Crippen LogP contribution in [0.5, 0.6) is 0 Å². The molecule has 0 bridgehead atoms. The molecule has 0 aliphatic heterocycles. The molecule has 0 aliphatic rings. The predicted octanol–water partition coefficient (Wildman–Crippen LogP) is 15.6. The number of thiazole rings is 2. The molecule has 0 saturated heterocycles. The van der Waals surface area contributed by atoms with Crippen LogP contribution in [-0.2, 0) is 0 Å². The Balaban J connectivity index is 1.46. The number of hydrogen-bond acceptors (Lipinski definition) is 8. The van der Waals surface area contributed by atoms with E-state index < -0.39 is 16.1 Å². The first-order valence-electron chi connectivity index (χ1n) is 18.8. The van der Waals surface area contributed by atoms with Crippen molar-refractivity contribution >= 4 is 114 Å². The number of benzene rings is 1. The smallest absolute Gasteiger partial charge is 0.134 e. The number of aromatic nitrogens is 2. The van der Waals surface area contributed by atoms with E-state index in [1.807, 2.05) is 68.0 Å². The Morgan fingerprint density at radius 3 is 1.06 bits per heavy atom. The lowest BCUT2D eigenvalue weighted by Crippen LogP contribution is -2.54. The molecule has 2 nitrogen and oxygen atoms in total. The van der Waals surface area contributed by atoms with Crippen LogP contribution in [0.25, 0.3) is 61.1 Å². The van der Waals surface area contributed by atoms with E-state index in [1.165, 1.54) is 40.0 Å². The molecule has 0 N–H and O–H groups in total. The summed E-state index contributed by atoms with van der Waals surface area (Å²) in [6.45, 7) is 29.6. The summed E-state index contributed by atoms with van der Waals surface area (Å²) >= 11 is 11.4. The Morgan fingerprint density at radius 1 is 0.423 bits per heavy atom. The first kappa shape index (κ1) is 38.5. The summed E-state index contributed by atoms with van der Waals surface area (Å²) in [7, 11) is -3.53. The summed E-state index contributed by atoms with van der Waals surface area (Å²) in [5, 5.41) is 6.68. The molecule has 274 valence electrons. The third-order valence-electron chi connectivity index (χ3n) is 11.9. The first-order valence-corrected chi connectivity index (χ1v) is 28.3. The minimum atomic E-state index is -1.77. The van der Waals surface area contributed by atoms with Crippen molar-refractivity contribution in [1.82, 2.24) is 9.97 Å². The van der Waals surface area contributed by atoms with E-state index in [2.05, 4.69) is 142 Å². The Hall–Kier alpha value is -1.77. The molecule has 1 aromatic carbocycles.